The zero-order chi connectivity index (χ0) is 22.2. The van der Waals surface area contributed by atoms with E-state index in [0.717, 1.165) is 18.9 Å². The summed E-state index contributed by atoms with van der Waals surface area (Å²) in [4.78, 5) is 38.0. The zero-order valence-corrected chi connectivity index (χ0v) is 17.3. The monoisotopic (exact) mass is 410 g/mol. The third-order valence-corrected chi connectivity index (χ3v) is 5.63. The molecule has 0 aliphatic heterocycles. The van der Waals surface area contributed by atoms with Gasteiger partial charge in [-0.2, -0.15) is 5.26 Å². The number of Topliss-reactive ketones (excluding diaryl/α,β-unsaturated/α-hetero) is 1. The number of hydrogen-bond acceptors (Lipinski definition) is 4. The fraction of sp³-hybridized carbons (Fsp3) is 0.364. The van der Waals surface area contributed by atoms with Crippen LogP contribution in [0.25, 0.3) is 0 Å². The summed E-state index contributed by atoms with van der Waals surface area (Å²) in [7, 11) is 1.62. The molecule has 2 aromatic rings. The molecule has 1 aliphatic rings. The van der Waals surface area contributed by atoms with Crippen LogP contribution < -0.4 is 10.6 Å². The van der Waals surface area contributed by atoms with Gasteiger partial charge < -0.3 is 15.2 Å². The standard InChI is InChI=1S/C22H23FN4O3/c1-11-7-16(8-11)26-22(30)20(28)19-12(2)18(13(3)27(19)4)21(29)25-15-5-6-17(23)14(9-15)10-24/h5-6,9,11,16H,7-8H2,1-4H3,(H,25,29)(H,26,30)/t11-,16+. The number of aromatic nitrogens is 1. The lowest BCUT2D eigenvalue weighted by Gasteiger charge is -2.32. The van der Waals surface area contributed by atoms with Crippen LogP contribution in [0.15, 0.2) is 18.2 Å². The molecular formula is C22H23FN4O3. The van der Waals surface area contributed by atoms with Gasteiger partial charge in [0.1, 0.15) is 11.9 Å². The van der Waals surface area contributed by atoms with Gasteiger partial charge in [0.05, 0.1) is 16.8 Å². The lowest BCUT2D eigenvalue weighted by molar-refractivity contribution is -0.118. The number of carbonyl (C=O) groups excluding carboxylic acids is 3. The highest BCUT2D eigenvalue weighted by Gasteiger charge is 2.32. The van der Waals surface area contributed by atoms with Crippen molar-refractivity contribution in [2.45, 2.75) is 39.7 Å². The number of benzene rings is 1. The fourth-order valence-corrected chi connectivity index (χ4v) is 3.89. The minimum absolute atomic E-state index is 0.00805. The van der Waals surface area contributed by atoms with Crippen molar-refractivity contribution in [3.05, 3.63) is 52.1 Å². The van der Waals surface area contributed by atoms with Crippen LogP contribution in [-0.2, 0) is 11.8 Å². The first kappa shape index (κ1) is 21.2. The minimum atomic E-state index is -0.690. The van der Waals surface area contributed by atoms with Crippen LogP contribution in [0.4, 0.5) is 10.1 Å². The molecule has 1 aromatic heterocycles. The van der Waals surface area contributed by atoms with Gasteiger partial charge in [0, 0.05) is 24.5 Å². The number of nitrogens with one attached hydrogen (secondary N) is 2. The second kappa shape index (κ2) is 8.11. The Bertz CT molecular complexity index is 1090. The number of ketones is 1. The van der Waals surface area contributed by atoms with E-state index in [1.54, 1.807) is 27.0 Å². The number of hydrogen-bond donors (Lipinski definition) is 2. The maximum atomic E-state index is 13.5. The molecule has 2 amide bonds. The van der Waals surface area contributed by atoms with E-state index >= 15 is 0 Å². The third-order valence-electron chi connectivity index (χ3n) is 5.63. The minimum Gasteiger partial charge on any atom is -0.346 e. The molecule has 0 unspecified atom stereocenters. The van der Waals surface area contributed by atoms with Crippen molar-refractivity contribution in [2.24, 2.45) is 13.0 Å². The van der Waals surface area contributed by atoms with Gasteiger partial charge in [-0.15, -0.1) is 0 Å². The van der Waals surface area contributed by atoms with Gasteiger partial charge >= 0.3 is 0 Å². The number of halogens is 1. The van der Waals surface area contributed by atoms with E-state index in [-0.39, 0.29) is 28.6 Å². The first-order valence-corrected chi connectivity index (χ1v) is 9.66. The van der Waals surface area contributed by atoms with Gasteiger partial charge in [-0.3, -0.25) is 14.4 Å². The van der Waals surface area contributed by atoms with Crippen LogP contribution in [0.1, 0.15) is 57.4 Å². The quantitative estimate of drug-likeness (QED) is 0.584. The largest absolute Gasteiger partial charge is 0.346 e. The predicted molar refractivity (Wildman–Crippen MR) is 109 cm³/mol. The molecule has 0 saturated heterocycles. The number of rotatable bonds is 5. The second-order valence-electron chi connectivity index (χ2n) is 7.83. The zero-order valence-electron chi connectivity index (χ0n) is 17.3. The molecule has 1 aliphatic carbocycles. The summed E-state index contributed by atoms with van der Waals surface area (Å²) in [5.41, 5.74) is 1.38. The highest BCUT2D eigenvalue weighted by atomic mass is 19.1. The number of nitrogens with zero attached hydrogens (tertiary/aromatic N) is 2. The molecule has 1 saturated carbocycles. The topological polar surface area (TPSA) is 104 Å². The summed E-state index contributed by atoms with van der Waals surface area (Å²) in [5, 5.41) is 14.3. The van der Waals surface area contributed by atoms with Gasteiger partial charge in [-0.05, 0) is 56.4 Å². The van der Waals surface area contributed by atoms with Crippen molar-refractivity contribution in [3.8, 4) is 6.07 Å². The van der Waals surface area contributed by atoms with Gasteiger partial charge in [0.25, 0.3) is 17.6 Å². The molecule has 0 bridgehead atoms. The van der Waals surface area contributed by atoms with Crippen LogP contribution in [0.3, 0.4) is 0 Å². The summed E-state index contributed by atoms with van der Waals surface area (Å²) in [6.45, 7) is 5.37. The first-order chi connectivity index (χ1) is 14.1. The summed E-state index contributed by atoms with van der Waals surface area (Å²) in [5.74, 6) is -2.02. The van der Waals surface area contributed by atoms with Crippen molar-refractivity contribution in [2.75, 3.05) is 5.32 Å². The SMILES string of the molecule is Cc1c(C(=O)Nc2ccc(F)c(C#N)c2)c(C)n(C)c1C(=O)C(=O)N[C@H]1C[C@@H](C)C1. The molecule has 7 nitrogen and oxygen atoms in total. The second-order valence-corrected chi connectivity index (χ2v) is 7.83. The number of carbonyl (C=O) groups is 3. The van der Waals surface area contributed by atoms with E-state index in [1.165, 1.54) is 16.7 Å². The van der Waals surface area contributed by atoms with Gasteiger partial charge in [0.2, 0.25) is 0 Å². The van der Waals surface area contributed by atoms with Crippen LogP contribution in [0.2, 0.25) is 0 Å². The Hall–Kier alpha value is -3.47. The molecule has 8 heteroatoms. The van der Waals surface area contributed by atoms with E-state index in [2.05, 4.69) is 17.6 Å². The summed E-state index contributed by atoms with van der Waals surface area (Å²) in [6, 6.07) is 5.41. The molecular weight excluding hydrogens is 387 g/mol. The summed E-state index contributed by atoms with van der Waals surface area (Å²) in [6.07, 6.45) is 1.69. The highest BCUT2D eigenvalue weighted by Crippen LogP contribution is 2.27. The molecule has 1 aromatic carbocycles. The van der Waals surface area contributed by atoms with Gasteiger partial charge in [0.15, 0.2) is 0 Å². The molecule has 0 radical (unpaired) electrons. The van der Waals surface area contributed by atoms with E-state index < -0.39 is 23.4 Å². The molecule has 0 spiro atoms. The Balaban J connectivity index is 1.84. The average Bonchev–Trinajstić information content (AvgIpc) is 2.90. The molecule has 1 heterocycles. The lowest BCUT2D eigenvalue weighted by Crippen LogP contribution is -2.46. The fourth-order valence-electron chi connectivity index (χ4n) is 3.89. The predicted octanol–water partition coefficient (Wildman–Crippen LogP) is 3.00. The molecule has 1 fully saturated rings. The Kier molecular flexibility index (Phi) is 5.74. The van der Waals surface area contributed by atoms with Crippen LogP contribution in [0.5, 0.6) is 0 Å². The van der Waals surface area contributed by atoms with Crippen molar-refractivity contribution in [3.63, 3.8) is 0 Å². The number of amides is 2. The third kappa shape index (κ3) is 3.83. The molecule has 2 N–H and O–H groups in total. The van der Waals surface area contributed by atoms with E-state index in [1.807, 2.05) is 0 Å². The van der Waals surface area contributed by atoms with Gasteiger partial charge in [-0.25, -0.2) is 4.39 Å². The van der Waals surface area contributed by atoms with Crippen LogP contribution >= 0.6 is 0 Å². The Morgan fingerprint density at radius 2 is 1.90 bits per heavy atom. The highest BCUT2D eigenvalue weighted by molar-refractivity contribution is 6.43. The van der Waals surface area contributed by atoms with Crippen molar-refractivity contribution < 1.29 is 18.8 Å². The Labute approximate surface area is 173 Å². The molecule has 30 heavy (non-hydrogen) atoms. The van der Waals surface area contributed by atoms with Crippen LogP contribution in [0, 0.1) is 36.9 Å². The van der Waals surface area contributed by atoms with Crippen molar-refractivity contribution >= 4 is 23.3 Å². The van der Waals surface area contributed by atoms with Crippen LogP contribution in [-0.4, -0.2) is 28.2 Å². The summed E-state index contributed by atoms with van der Waals surface area (Å²) >= 11 is 0. The number of anilines is 1. The Morgan fingerprint density at radius 3 is 2.50 bits per heavy atom. The molecule has 3 rings (SSSR count). The maximum Gasteiger partial charge on any atom is 0.294 e. The Morgan fingerprint density at radius 1 is 1.23 bits per heavy atom. The lowest BCUT2D eigenvalue weighted by atomic mass is 9.82. The van der Waals surface area contributed by atoms with Crippen molar-refractivity contribution in [1.29, 1.82) is 5.26 Å². The van der Waals surface area contributed by atoms with E-state index in [9.17, 15) is 18.8 Å². The number of nitriles is 1. The maximum absolute atomic E-state index is 13.5. The van der Waals surface area contributed by atoms with Crippen molar-refractivity contribution in [1.82, 2.24) is 9.88 Å². The molecule has 0 atom stereocenters. The van der Waals surface area contributed by atoms with Gasteiger partial charge in [-0.1, -0.05) is 6.92 Å². The smallest absolute Gasteiger partial charge is 0.294 e. The normalized spacial score (nSPS) is 17.6. The van der Waals surface area contributed by atoms with E-state index in [4.69, 9.17) is 5.26 Å². The molecule has 156 valence electrons. The van der Waals surface area contributed by atoms with E-state index in [0.29, 0.717) is 17.2 Å². The first-order valence-electron chi connectivity index (χ1n) is 9.66. The summed E-state index contributed by atoms with van der Waals surface area (Å²) < 4.78 is 15.0. The average molecular weight is 410 g/mol.